The van der Waals surface area contributed by atoms with E-state index in [9.17, 15) is 0 Å². The van der Waals surface area contributed by atoms with E-state index in [0.717, 1.165) is 5.57 Å². The molecule has 0 aliphatic heterocycles. The van der Waals surface area contributed by atoms with Crippen molar-refractivity contribution in [3.05, 3.63) is 42.0 Å². The smallest absolute Gasteiger partial charge is 0.0922 e. The summed E-state index contributed by atoms with van der Waals surface area (Å²) in [6.07, 6.45) is 1.86. The highest BCUT2D eigenvalue weighted by Gasteiger charge is 1.93. The molecule has 1 rings (SSSR count). The van der Waals surface area contributed by atoms with Gasteiger partial charge in [-0.2, -0.15) is 0 Å². The van der Waals surface area contributed by atoms with E-state index in [1.165, 1.54) is 5.56 Å². The first-order valence-electron chi connectivity index (χ1n) is 3.68. The normalized spacial score (nSPS) is 11.3. The van der Waals surface area contributed by atoms with Crippen LogP contribution in [0.5, 0.6) is 0 Å². The number of benzene rings is 1. The molecule has 0 heterocycles. The van der Waals surface area contributed by atoms with Gasteiger partial charge < -0.3 is 0 Å². The predicted molar refractivity (Wildman–Crippen MR) is 61.8 cm³/mol. The Labute approximate surface area is 86.1 Å². The van der Waals surface area contributed by atoms with Crippen molar-refractivity contribution in [1.29, 1.82) is 5.41 Å². The molecule has 0 amide bonds. The lowest BCUT2D eigenvalue weighted by Gasteiger charge is -1.98. The van der Waals surface area contributed by atoms with E-state index >= 15 is 0 Å². The fourth-order valence-electron chi connectivity index (χ4n) is 0.974. The second-order valence-corrected chi connectivity index (χ2v) is 3.70. The minimum Gasteiger partial charge on any atom is -0.294 e. The summed E-state index contributed by atoms with van der Waals surface area (Å²) in [6.45, 7) is 2.02. The molecule has 1 aromatic carbocycles. The van der Waals surface area contributed by atoms with E-state index in [-0.39, 0.29) is 0 Å². The molecule has 0 spiro atoms. The average Bonchev–Trinajstić information content (AvgIpc) is 2.05. The van der Waals surface area contributed by atoms with Gasteiger partial charge in [-0.1, -0.05) is 30.3 Å². The van der Waals surface area contributed by atoms with Crippen LogP contribution in [0, 0.1) is 5.41 Å². The van der Waals surface area contributed by atoms with Crippen LogP contribution in [0.1, 0.15) is 12.5 Å². The van der Waals surface area contributed by atoms with E-state index in [0.29, 0.717) is 3.72 Å². The van der Waals surface area contributed by atoms with Gasteiger partial charge in [-0.15, -0.1) is 0 Å². The Morgan fingerprint density at radius 2 is 1.92 bits per heavy atom. The first-order chi connectivity index (χ1) is 5.70. The zero-order valence-electron chi connectivity index (χ0n) is 6.84. The summed E-state index contributed by atoms with van der Waals surface area (Å²) >= 11 is 1.99. The van der Waals surface area contributed by atoms with Crippen LogP contribution in [0.3, 0.4) is 0 Å². The van der Waals surface area contributed by atoms with Crippen LogP contribution in [0.4, 0.5) is 0 Å². The van der Waals surface area contributed by atoms with Crippen molar-refractivity contribution in [1.82, 2.24) is 0 Å². The minimum absolute atomic E-state index is 0.564. The molecule has 12 heavy (non-hydrogen) atoms. The molecule has 0 fully saturated rings. The number of rotatable bonds is 2. The van der Waals surface area contributed by atoms with Crippen LogP contribution < -0.4 is 0 Å². The summed E-state index contributed by atoms with van der Waals surface area (Å²) in [5, 5.41) is 7.28. The molecule has 1 N–H and O–H groups in total. The molecule has 0 unspecified atom stereocenters. The molecule has 1 nitrogen and oxygen atoms in total. The van der Waals surface area contributed by atoms with Gasteiger partial charge in [-0.05, 0) is 46.7 Å². The molecule has 0 saturated carbocycles. The van der Waals surface area contributed by atoms with Crippen molar-refractivity contribution in [2.45, 2.75) is 6.92 Å². The highest BCUT2D eigenvalue weighted by atomic mass is 127. The lowest BCUT2D eigenvalue weighted by Crippen LogP contribution is -1.81. The van der Waals surface area contributed by atoms with E-state index < -0.39 is 0 Å². The molecular weight excluding hydrogens is 261 g/mol. The number of hydrogen-bond donors (Lipinski definition) is 1. The van der Waals surface area contributed by atoms with E-state index in [1.54, 1.807) is 0 Å². The maximum absolute atomic E-state index is 7.28. The Hall–Kier alpha value is -0.640. The quantitative estimate of drug-likeness (QED) is 0.628. The van der Waals surface area contributed by atoms with Gasteiger partial charge >= 0.3 is 0 Å². The Balaban J connectivity index is 2.93. The molecule has 0 radical (unpaired) electrons. The third-order valence-corrected chi connectivity index (χ3v) is 1.88. The van der Waals surface area contributed by atoms with Crippen LogP contribution in [0.2, 0.25) is 0 Å². The number of nitrogens with one attached hydrogen (secondary N) is 1. The Bertz CT molecular complexity index is 301. The summed E-state index contributed by atoms with van der Waals surface area (Å²) in [5.41, 5.74) is 2.31. The summed E-state index contributed by atoms with van der Waals surface area (Å²) < 4.78 is 0.564. The lowest BCUT2D eigenvalue weighted by molar-refractivity contribution is 1.55. The molecule has 0 saturated heterocycles. The van der Waals surface area contributed by atoms with Crippen molar-refractivity contribution < 1.29 is 0 Å². The SMILES string of the molecule is C/C(=C\C(=N)I)c1ccccc1. The molecule has 0 atom stereocenters. The maximum atomic E-state index is 7.28. The lowest BCUT2D eigenvalue weighted by atomic mass is 10.1. The van der Waals surface area contributed by atoms with E-state index in [4.69, 9.17) is 5.41 Å². The van der Waals surface area contributed by atoms with Gasteiger partial charge in [0.1, 0.15) is 0 Å². The fourth-order valence-corrected chi connectivity index (χ4v) is 1.44. The largest absolute Gasteiger partial charge is 0.294 e. The monoisotopic (exact) mass is 271 g/mol. The molecular formula is C10H10IN. The molecule has 62 valence electrons. The summed E-state index contributed by atoms with van der Waals surface area (Å²) in [7, 11) is 0. The van der Waals surface area contributed by atoms with Crippen molar-refractivity contribution in [2.75, 3.05) is 0 Å². The molecule has 2 heteroatoms. The maximum Gasteiger partial charge on any atom is 0.0922 e. The summed E-state index contributed by atoms with van der Waals surface area (Å²) in [6, 6.07) is 10.1. The Morgan fingerprint density at radius 3 is 2.42 bits per heavy atom. The number of hydrogen-bond acceptors (Lipinski definition) is 1. The van der Waals surface area contributed by atoms with Gasteiger partial charge in [0, 0.05) is 0 Å². The molecule has 0 aliphatic carbocycles. The molecule has 0 aliphatic rings. The van der Waals surface area contributed by atoms with Crippen molar-refractivity contribution in [2.24, 2.45) is 0 Å². The van der Waals surface area contributed by atoms with E-state index in [1.807, 2.05) is 65.9 Å². The van der Waals surface area contributed by atoms with Gasteiger partial charge in [0.25, 0.3) is 0 Å². The molecule has 0 bridgehead atoms. The zero-order chi connectivity index (χ0) is 8.97. The van der Waals surface area contributed by atoms with Gasteiger partial charge in [0.05, 0.1) is 3.72 Å². The minimum atomic E-state index is 0.564. The van der Waals surface area contributed by atoms with Crippen molar-refractivity contribution in [3.63, 3.8) is 0 Å². The topological polar surface area (TPSA) is 23.9 Å². The number of allylic oxidation sites excluding steroid dienone is 2. The van der Waals surface area contributed by atoms with Crippen LogP contribution in [0.25, 0.3) is 5.57 Å². The fraction of sp³-hybridized carbons (Fsp3) is 0.100. The third-order valence-electron chi connectivity index (χ3n) is 1.57. The summed E-state index contributed by atoms with van der Waals surface area (Å²) in [5.74, 6) is 0. The Morgan fingerprint density at radius 1 is 1.33 bits per heavy atom. The second-order valence-electron chi connectivity index (χ2n) is 2.54. The van der Waals surface area contributed by atoms with Gasteiger partial charge in [0.15, 0.2) is 0 Å². The van der Waals surface area contributed by atoms with E-state index in [2.05, 4.69) is 0 Å². The summed E-state index contributed by atoms with van der Waals surface area (Å²) in [4.78, 5) is 0. The third kappa shape index (κ3) is 2.77. The van der Waals surface area contributed by atoms with Crippen LogP contribution in [-0.2, 0) is 0 Å². The standard InChI is InChI=1S/C10H10IN/c1-8(7-10(11)12)9-5-3-2-4-6-9/h2-7,12H,1H3/b8-7+,12-10?. The number of halogens is 1. The second kappa shape index (κ2) is 4.40. The average molecular weight is 271 g/mol. The Kier molecular flexibility index (Phi) is 3.47. The van der Waals surface area contributed by atoms with Crippen LogP contribution in [0.15, 0.2) is 36.4 Å². The highest BCUT2D eigenvalue weighted by molar-refractivity contribution is 14.1. The van der Waals surface area contributed by atoms with Crippen LogP contribution >= 0.6 is 22.6 Å². The van der Waals surface area contributed by atoms with Gasteiger partial charge in [-0.25, -0.2) is 0 Å². The first-order valence-corrected chi connectivity index (χ1v) is 4.76. The van der Waals surface area contributed by atoms with Crippen molar-refractivity contribution >= 4 is 31.9 Å². The predicted octanol–water partition coefficient (Wildman–Crippen LogP) is 3.50. The van der Waals surface area contributed by atoms with Gasteiger partial charge in [-0.3, -0.25) is 5.41 Å². The first kappa shape index (κ1) is 9.45. The van der Waals surface area contributed by atoms with Crippen molar-refractivity contribution in [3.8, 4) is 0 Å². The van der Waals surface area contributed by atoms with Gasteiger partial charge in [0.2, 0.25) is 0 Å². The van der Waals surface area contributed by atoms with Crippen LogP contribution in [-0.4, -0.2) is 3.72 Å². The molecule has 1 aromatic rings. The highest BCUT2D eigenvalue weighted by Crippen LogP contribution is 2.13. The zero-order valence-corrected chi connectivity index (χ0v) is 9.00. The molecule has 0 aromatic heterocycles.